The van der Waals surface area contributed by atoms with Crippen molar-refractivity contribution in [3.8, 4) is 11.5 Å². The van der Waals surface area contributed by atoms with Gasteiger partial charge in [-0.3, -0.25) is 0 Å². The average molecular weight is 163 g/mol. The van der Waals surface area contributed by atoms with Gasteiger partial charge in [0.05, 0.1) is 0 Å². The lowest BCUT2D eigenvalue weighted by Crippen LogP contribution is -2.00. The highest BCUT2D eigenvalue weighted by molar-refractivity contribution is 5.53. The van der Waals surface area contributed by atoms with Gasteiger partial charge in [0.15, 0.2) is 11.5 Å². The molecule has 1 aromatic rings. The van der Waals surface area contributed by atoms with Crippen molar-refractivity contribution in [3.05, 3.63) is 23.3 Å². The van der Waals surface area contributed by atoms with Crippen LogP contribution in [0.1, 0.15) is 11.1 Å². The van der Waals surface area contributed by atoms with Gasteiger partial charge in [0.2, 0.25) is 6.79 Å². The molecule has 62 valence electrons. The molecule has 2 aliphatic heterocycles. The third kappa shape index (κ3) is 0.689. The van der Waals surface area contributed by atoms with Crippen LogP contribution < -0.4 is 14.8 Å². The molecule has 0 aliphatic carbocycles. The number of nitrogens with one attached hydrogen (secondary N) is 1. The summed E-state index contributed by atoms with van der Waals surface area (Å²) in [6.07, 6.45) is 0. The molecule has 0 amide bonds. The summed E-state index contributed by atoms with van der Waals surface area (Å²) in [6.45, 7) is 2.22. The number of hydrogen-bond donors (Lipinski definition) is 1. The maximum absolute atomic E-state index is 5.38. The van der Waals surface area contributed by atoms with E-state index in [9.17, 15) is 0 Å². The molecule has 1 aromatic carbocycles. The van der Waals surface area contributed by atoms with Crippen LogP contribution in [-0.2, 0) is 13.1 Å². The summed E-state index contributed by atoms with van der Waals surface area (Å²) in [5.74, 6) is 1.83. The van der Waals surface area contributed by atoms with Crippen molar-refractivity contribution in [2.75, 3.05) is 6.79 Å². The Balaban J connectivity index is 2.24. The van der Waals surface area contributed by atoms with Gasteiger partial charge in [-0.25, -0.2) is 0 Å². The van der Waals surface area contributed by atoms with Gasteiger partial charge in [0, 0.05) is 18.7 Å². The molecule has 3 nitrogen and oxygen atoms in total. The van der Waals surface area contributed by atoms with E-state index in [0.29, 0.717) is 6.79 Å². The molecule has 0 radical (unpaired) electrons. The summed E-state index contributed by atoms with van der Waals surface area (Å²) in [4.78, 5) is 0. The topological polar surface area (TPSA) is 30.5 Å². The SMILES string of the molecule is c1cc2c(c3c1CNC3)OCO2. The maximum atomic E-state index is 5.38. The number of ether oxygens (including phenoxy) is 2. The fourth-order valence-electron chi connectivity index (χ4n) is 1.75. The van der Waals surface area contributed by atoms with Crippen molar-refractivity contribution in [2.24, 2.45) is 0 Å². The molecule has 3 rings (SSSR count). The van der Waals surface area contributed by atoms with Gasteiger partial charge >= 0.3 is 0 Å². The molecule has 0 aromatic heterocycles. The van der Waals surface area contributed by atoms with Crippen LogP contribution in [0.2, 0.25) is 0 Å². The molecule has 0 saturated carbocycles. The van der Waals surface area contributed by atoms with Crippen molar-refractivity contribution >= 4 is 0 Å². The van der Waals surface area contributed by atoms with Crippen LogP contribution in [-0.4, -0.2) is 6.79 Å². The molecular weight excluding hydrogens is 154 g/mol. The summed E-state index contributed by atoms with van der Waals surface area (Å²) >= 11 is 0. The molecular formula is C9H9NO2. The van der Waals surface area contributed by atoms with Crippen molar-refractivity contribution < 1.29 is 9.47 Å². The van der Waals surface area contributed by atoms with E-state index in [0.717, 1.165) is 24.6 Å². The van der Waals surface area contributed by atoms with Crippen LogP contribution in [0.25, 0.3) is 0 Å². The Kier molecular flexibility index (Phi) is 1.12. The summed E-state index contributed by atoms with van der Waals surface area (Å²) < 4.78 is 10.7. The first kappa shape index (κ1) is 6.31. The Bertz CT molecular complexity index is 303. The standard InChI is InChI=1S/C9H9NO2/c1-2-8-9(12-5-11-8)7-4-10-3-6(1)7/h1-2,10H,3-5H2. The lowest BCUT2D eigenvalue weighted by molar-refractivity contribution is 0.173. The molecule has 12 heavy (non-hydrogen) atoms. The van der Waals surface area contributed by atoms with Crippen molar-refractivity contribution in [1.29, 1.82) is 0 Å². The fourth-order valence-corrected chi connectivity index (χ4v) is 1.75. The molecule has 2 heterocycles. The second kappa shape index (κ2) is 2.14. The second-order valence-corrected chi connectivity index (χ2v) is 3.04. The van der Waals surface area contributed by atoms with Crippen molar-refractivity contribution in [1.82, 2.24) is 5.32 Å². The lowest BCUT2D eigenvalue weighted by Gasteiger charge is -2.01. The molecule has 0 fully saturated rings. The third-order valence-corrected chi connectivity index (χ3v) is 2.36. The van der Waals surface area contributed by atoms with Gasteiger partial charge in [-0.15, -0.1) is 0 Å². The van der Waals surface area contributed by atoms with E-state index in [4.69, 9.17) is 9.47 Å². The molecule has 0 unspecified atom stereocenters. The van der Waals surface area contributed by atoms with Crippen molar-refractivity contribution in [3.63, 3.8) is 0 Å². The Hall–Kier alpha value is -1.22. The molecule has 0 atom stereocenters. The largest absolute Gasteiger partial charge is 0.454 e. The lowest BCUT2D eigenvalue weighted by atomic mass is 10.1. The zero-order chi connectivity index (χ0) is 7.97. The Morgan fingerprint density at radius 1 is 1.17 bits per heavy atom. The first-order valence-corrected chi connectivity index (χ1v) is 4.06. The highest BCUT2D eigenvalue weighted by Crippen LogP contribution is 2.38. The number of hydrogen-bond acceptors (Lipinski definition) is 3. The zero-order valence-corrected chi connectivity index (χ0v) is 6.59. The second-order valence-electron chi connectivity index (χ2n) is 3.04. The quantitative estimate of drug-likeness (QED) is 0.619. The first-order valence-electron chi connectivity index (χ1n) is 4.06. The minimum atomic E-state index is 0.367. The minimum Gasteiger partial charge on any atom is -0.454 e. The summed E-state index contributed by atoms with van der Waals surface area (Å²) in [5, 5.41) is 3.28. The number of fused-ring (bicyclic) bond motifs is 3. The van der Waals surface area contributed by atoms with Gasteiger partial charge in [-0.2, -0.15) is 0 Å². The highest BCUT2D eigenvalue weighted by Gasteiger charge is 2.22. The smallest absolute Gasteiger partial charge is 0.231 e. The van der Waals surface area contributed by atoms with Gasteiger partial charge in [-0.05, 0) is 11.6 Å². The molecule has 2 aliphatic rings. The van der Waals surface area contributed by atoms with E-state index >= 15 is 0 Å². The van der Waals surface area contributed by atoms with E-state index in [2.05, 4.69) is 11.4 Å². The van der Waals surface area contributed by atoms with Crippen LogP contribution >= 0.6 is 0 Å². The van der Waals surface area contributed by atoms with Gasteiger partial charge in [-0.1, -0.05) is 6.07 Å². The first-order chi connectivity index (χ1) is 5.95. The van der Waals surface area contributed by atoms with E-state index in [1.165, 1.54) is 11.1 Å². The number of rotatable bonds is 0. The zero-order valence-electron chi connectivity index (χ0n) is 6.59. The van der Waals surface area contributed by atoms with Crippen LogP contribution in [0.15, 0.2) is 12.1 Å². The molecule has 0 saturated heterocycles. The predicted octanol–water partition coefficient (Wildman–Crippen LogP) is 1.02. The van der Waals surface area contributed by atoms with Crippen LogP contribution in [0, 0.1) is 0 Å². The predicted molar refractivity (Wildman–Crippen MR) is 43.1 cm³/mol. The van der Waals surface area contributed by atoms with Gasteiger partial charge in [0.25, 0.3) is 0 Å². The molecule has 0 spiro atoms. The molecule has 3 heteroatoms. The van der Waals surface area contributed by atoms with E-state index in [1.54, 1.807) is 0 Å². The van der Waals surface area contributed by atoms with Gasteiger partial charge < -0.3 is 14.8 Å². The van der Waals surface area contributed by atoms with E-state index in [-0.39, 0.29) is 0 Å². The van der Waals surface area contributed by atoms with E-state index < -0.39 is 0 Å². The summed E-state index contributed by atoms with van der Waals surface area (Å²) in [6, 6.07) is 4.08. The van der Waals surface area contributed by atoms with E-state index in [1.807, 2.05) is 6.07 Å². The fraction of sp³-hybridized carbons (Fsp3) is 0.333. The summed E-state index contributed by atoms with van der Waals surface area (Å²) in [5.41, 5.74) is 2.60. The van der Waals surface area contributed by atoms with Crippen LogP contribution in [0.5, 0.6) is 11.5 Å². The highest BCUT2D eigenvalue weighted by atomic mass is 16.7. The Morgan fingerprint density at radius 2 is 2.17 bits per heavy atom. The maximum Gasteiger partial charge on any atom is 0.231 e. The number of benzene rings is 1. The minimum absolute atomic E-state index is 0.367. The monoisotopic (exact) mass is 163 g/mol. The van der Waals surface area contributed by atoms with Gasteiger partial charge in [0.1, 0.15) is 0 Å². The van der Waals surface area contributed by atoms with Crippen molar-refractivity contribution in [2.45, 2.75) is 13.1 Å². The molecule has 0 bridgehead atoms. The third-order valence-electron chi connectivity index (χ3n) is 2.36. The van der Waals surface area contributed by atoms with Crippen LogP contribution in [0.3, 0.4) is 0 Å². The Labute approximate surface area is 70.3 Å². The summed E-state index contributed by atoms with van der Waals surface area (Å²) in [7, 11) is 0. The normalized spacial score (nSPS) is 18.0. The van der Waals surface area contributed by atoms with Crippen LogP contribution in [0.4, 0.5) is 0 Å². The Morgan fingerprint density at radius 3 is 3.17 bits per heavy atom. The average Bonchev–Trinajstić information content (AvgIpc) is 2.71. The molecule has 1 N–H and O–H groups in total.